The number of amides is 2. The number of para-hydroxylation sites is 1. The van der Waals surface area contributed by atoms with Crippen molar-refractivity contribution in [3.8, 4) is 5.75 Å². The van der Waals surface area contributed by atoms with Crippen molar-refractivity contribution in [2.24, 2.45) is 0 Å². The molecule has 0 bridgehead atoms. The summed E-state index contributed by atoms with van der Waals surface area (Å²) in [7, 11) is 1.49. The predicted molar refractivity (Wildman–Crippen MR) is 150 cm³/mol. The van der Waals surface area contributed by atoms with Crippen LogP contribution in [0.25, 0.3) is 21.7 Å². The van der Waals surface area contributed by atoms with Crippen molar-refractivity contribution in [2.45, 2.75) is 0 Å². The highest BCUT2D eigenvalue weighted by Gasteiger charge is 2.16. The Morgan fingerprint density at radius 2 is 1.65 bits per heavy atom. The average molecular weight is 530 g/mol. The van der Waals surface area contributed by atoms with Crippen LogP contribution in [0.15, 0.2) is 89.3 Å². The number of methoxy groups -OCH3 is 1. The molecule has 9 heteroatoms. The Morgan fingerprint density at radius 1 is 0.865 bits per heavy atom. The number of thiocarbonyl (C=S) groups is 1. The highest BCUT2D eigenvalue weighted by Crippen LogP contribution is 2.30. The lowest BCUT2D eigenvalue weighted by Crippen LogP contribution is -2.34. The summed E-state index contributed by atoms with van der Waals surface area (Å²) in [4.78, 5) is 25.6. The van der Waals surface area contributed by atoms with E-state index in [2.05, 4.69) is 16.0 Å². The van der Waals surface area contributed by atoms with Gasteiger partial charge in [0.1, 0.15) is 11.3 Å². The topological polar surface area (TPSA) is 92.6 Å². The SMILES string of the molecule is COc1cc(NC(=S)NC(=O)c2cccc3c(Cl)cccc23)ccc1NC(=O)c1cc2ccccc2o1. The molecular weight excluding hydrogens is 510 g/mol. The number of carbonyl (C=O) groups excluding carboxylic acids is 2. The van der Waals surface area contributed by atoms with Gasteiger partial charge >= 0.3 is 0 Å². The molecule has 1 aromatic heterocycles. The zero-order valence-electron chi connectivity index (χ0n) is 19.5. The Morgan fingerprint density at radius 3 is 2.46 bits per heavy atom. The first-order valence-electron chi connectivity index (χ1n) is 11.2. The smallest absolute Gasteiger partial charge is 0.291 e. The van der Waals surface area contributed by atoms with E-state index in [9.17, 15) is 9.59 Å². The van der Waals surface area contributed by atoms with Crippen LogP contribution in [0, 0.1) is 0 Å². The van der Waals surface area contributed by atoms with E-state index in [4.69, 9.17) is 33.0 Å². The molecular formula is C28H20ClN3O4S. The molecule has 184 valence electrons. The zero-order chi connectivity index (χ0) is 25.9. The molecule has 0 atom stereocenters. The Bertz CT molecular complexity index is 1650. The predicted octanol–water partition coefficient (Wildman–Crippen LogP) is 6.63. The first-order valence-corrected chi connectivity index (χ1v) is 12.0. The van der Waals surface area contributed by atoms with Crippen molar-refractivity contribution in [1.82, 2.24) is 5.32 Å². The van der Waals surface area contributed by atoms with E-state index in [1.807, 2.05) is 30.3 Å². The molecule has 7 nitrogen and oxygen atoms in total. The van der Waals surface area contributed by atoms with Crippen molar-refractivity contribution < 1.29 is 18.7 Å². The Balaban J connectivity index is 1.28. The first kappa shape index (κ1) is 24.3. The number of hydrogen-bond acceptors (Lipinski definition) is 5. The van der Waals surface area contributed by atoms with Crippen LogP contribution < -0.4 is 20.7 Å². The normalized spacial score (nSPS) is 10.8. The quantitative estimate of drug-likeness (QED) is 0.221. The van der Waals surface area contributed by atoms with Gasteiger partial charge in [0.25, 0.3) is 11.8 Å². The second-order valence-electron chi connectivity index (χ2n) is 8.07. The maximum atomic E-state index is 12.9. The van der Waals surface area contributed by atoms with Crippen molar-refractivity contribution in [3.63, 3.8) is 0 Å². The van der Waals surface area contributed by atoms with Gasteiger partial charge in [0.05, 0.1) is 12.8 Å². The number of ether oxygens (including phenoxy) is 1. The molecule has 5 aromatic rings. The first-order chi connectivity index (χ1) is 17.9. The van der Waals surface area contributed by atoms with Crippen molar-refractivity contribution in [1.29, 1.82) is 0 Å². The van der Waals surface area contributed by atoms with Crippen molar-refractivity contribution in [3.05, 3.63) is 101 Å². The van der Waals surface area contributed by atoms with E-state index in [0.717, 1.165) is 16.2 Å². The second-order valence-corrected chi connectivity index (χ2v) is 8.88. The highest BCUT2D eigenvalue weighted by atomic mass is 35.5. The standard InChI is InChI=1S/C28H20ClN3O4S/c1-35-24-15-17(12-13-22(24)31-27(34)25-14-16-6-2-3-11-23(16)36-25)30-28(37)32-26(33)20-9-4-8-19-18(20)7-5-10-21(19)29/h2-15H,1H3,(H,31,34)(H2,30,32,33,37). The summed E-state index contributed by atoms with van der Waals surface area (Å²) in [6, 6.07) is 24.8. The van der Waals surface area contributed by atoms with E-state index in [1.165, 1.54) is 7.11 Å². The van der Waals surface area contributed by atoms with E-state index in [0.29, 0.717) is 33.3 Å². The molecule has 1 heterocycles. The van der Waals surface area contributed by atoms with Crippen LogP contribution in [0.3, 0.4) is 0 Å². The molecule has 0 spiro atoms. The molecule has 3 N–H and O–H groups in total. The summed E-state index contributed by atoms with van der Waals surface area (Å²) in [5, 5.41) is 11.5. The van der Waals surface area contributed by atoms with Crippen LogP contribution in [-0.2, 0) is 0 Å². The fourth-order valence-corrected chi connectivity index (χ4v) is 4.40. The summed E-state index contributed by atoms with van der Waals surface area (Å²) in [5.74, 6) is -0.198. The van der Waals surface area contributed by atoms with Gasteiger partial charge in [-0.15, -0.1) is 0 Å². The van der Waals surface area contributed by atoms with Crippen LogP contribution in [0.5, 0.6) is 5.75 Å². The minimum absolute atomic E-state index is 0.102. The van der Waals surface area contributed by atoms with E-state index >= 15 is 0 Å². The molecule has 0 radical (unpaired) electrons. The third-order valence-corrected chi connectivity index (χ3v) is 6.23. The number of carbonyl (C=O) groups is 2. The van der Waals surface area contributed by atoms with Crippen LogP contribution in [0.1, 0.15) is 20.9 Å². The molecule has 0 unspecified atom stereocenters. The number of nitrogens with one attached hydrogen (secondary N) is 3. The van der Waals surface area contributed by atoms with Gasteiger partial charge in [-0.1, -0.05) is 54.1 Å². The van der Waals surface area contributed by atoms with Crippen molar-refractivity contribution >= 4 is 73.9 Å². The number of rotatable bonds is 5. The monoisotopic (exact) mass is 529 g/mol. The molecule has 0 aliphatic carbocycles. The fraction of sp³-hybridized carbons (Fsp3) is 0.0357. The summed E-state index contributed by atoms with van der Waals surface area (Å²) in [6.45, 7) is 0. The van der Waals surface area contributed by atoms with Crippen LogP contribution in [0.2, 0.25) is 5.02 Å². The summed E-state index contributed by atoms with van der Waals surface area (Å²) < 4.78 is 11.1. The second kappa shape index (κ2) is 10.3. The highest BCUT2D eigenvalue weighted by molar-refractivity contribution is 7.80. The molecule has 2 amide bonds. The lowest BCUT2D eigenvalue weighted by atomic mass is 10.0. The number of fused-ring (bicyclic) bond motifs is 2. The molecule has 37 heavy (non-hydrogen) atoms. The number of furan rings is 1. The number of hydrogen-bond donors (Lipinski definition) is 3. The number of benzene rings is 4. The molecule has 0 fully saturated rings. The van der Waals surface area contributed by atoms with Crippen molar-refractivity contribution in [2.75, 3.05) is 17.7 Å². The lowest BCUT2D eigenvalue weighted by Gasteiger charge is -2.14. The molecule has 0 saturated heterocycles. The Hall–Kier alpha value is -4.40. The lowest BCUT2D eigenvalue weighted by molar-refractivity contribution is 0.0976. The zero-order valence-corrected chi connectivity index (χ0v) is 21.1. The Labute approximate surface area is 222 Å². The minimum atomic E-state index is -0.409. The molecule has 0 aliphatic rings. The van der Waals surface area contributed by atoms with Gasteiger partial charge in [0.15, 0.2) is 10.9 Å². The molecule has 4 aromatic carbocycles. The van der Waals surface area contributed by atoms with Gasteiger partial charge in [-0.05, 0) is 54.0 Å². The van der Waals surface area contributed by atoms with Gasteiger partial charge in [0, 0.05) is 33.1 Å². The molecule has 0 aliphatic heterocycles. The maximum Gasteiger partial charge on any atom is 0.291 e. The van der Waals surface area contributed by atoms with Crippen LogP contribution in [0.4, 0.5) is 11.4 Å². The van der Waals surface area contributed by atoms with Gasteiger partial charge in [0.2, 0.25) is 0 Å². The summed E-state index contributed by atoms with van der Waals surface area (Å²) >= 11 is 11.6. The maximum absolute atomic E-state index is 12.9. The van der Waals surface area contributed by atoms with Crippen LogP contribution >= 0.6 is 23.8 Å². The number of anilines is 2. The van der Waals surface area contributed by atoms with Gasteiger partial charge in [-0.2, -0.15) is 0 Å². The Kier molecular flexibility index (Phi) is 6.76. The van der Waals surface area contributed by atoms with Gasteiger partial charge in [-0.25, -0.2) is 0 Å². The summed E-state index contributed by atoms with van der Waals surface area (Å²) in [5.41, 5.74) is 2.08. The third-order valence-electron chi connectivity index (χ3n) is 5.70. The fourth-order valence-electron chi connectivity index (χ4n) is 3.95. The average Bonchev–Trinajstić information content (AvgIpc) is 3.34. The summed E-state index contributed by atoms with van der Waals surface area (Å²) in [6.07, 6.45) is 0. The van der Waals surface area contributed by atoms with Gasteiger partial charge < -0.3 is 19.8 Å². The van der Waals surface area contributed by atoms with E-state index in [1.54, 1.807) is 54.6 Å². The van der Waals surface area contributed by atoms with Gasteiger partial charge in [-0.3, -0.25) is 14.9 Å². The largest absolute Gasteiger partial charge is 0.494 e. The van der Waals surface area contributed by atoms with Crippen LogP contribution in [-0.4, -0.2) is 24.0 Å². The third kappa shape index (κ3) is 5.11. The molecule has 0 saturated carbocycles. The number of halogens is 1. The molecule has 5 rings (SSSR count). The minimum Gasteiger partial charge on any atom is -0.494 e. The van der Waals surface area contributed by atoms with E-state index < -0.39 is 5.91 Å². The van der Waals surface area contributed by atoms with E-state index in [-0.39, 0.29) is 16.8 Å².